The lowest BCUT2D eigenvalue weighted by molar-refractivity contribution is -0.661. The van der Waals surface area contributed by atoms with E-state index in [9.17, 15) is 20.0 Å². The second kappa shape index (κ2) is 6.72. The Labute approximate surface area is 157 Å². The predicted molar refractivity (Wildman–Crippen MR) is 98.5 cm³/mol. The van der Waals surface area contributed by atoms with E-state index in [0.29, 0.717) is 15.7 Å². The standard InChI is InChI=1S/C18H14BrN3O4/c1-10-17(12-4-3-5-14(8-12)22(25)26)11(2)21(20-10)16-7-6-13(19)9-15(16)18(23)24/h3-9H,1-2H3,(H,23,24)/p+1. The molecule has 0 aliphatic heterocycles. The summed E-state index contributed by atoms with van der Waals surface area (Å²) in [6.07, 6.45) is 0. The first-order valence-electron chi connectivity index (χ1n) is 7.69. The third kappa shape index (κ3) is 3.11. The van der Waals surface area contributed by atoms with Gasteiger partial charge in [0, 0.05) is 29.6 Å². The average molecular weight is 417 g/mol. The molecule has 0 aliphatic carbocycles. The molecular weight excluding hydrogens is 402 g/mol. The van der Waals surface area contributed by atoms with Gasteiger partial charge in [-0.2, -0.15) is 5.10 Å². The number of halogens is 1. The van der Waals surface area contributed by atoms with Gasteiger partial charge in [-0.15, -0.1) is 0 Å². The molecule has 0 atom stereocenters. The van der Waals surface area contributed by atoms with E-state index in [-0.39, 0.29) is 11.3 Å². The molecular formula is C18H15BrN3O4+. The largest absolute Gasteiger partial charge is 0.477 e. The van der Waals surface area contributed by atoms with Crippen molar-refractivity contribution in [2.75, 3.05) is 0 Å². The zero-order chi connectivity index (χ0) is 19.0. The van der Waals surface area contributed by atoms with Crippen molar-refractivity contribution >= 4 is 27.6 Å². The summed E-state index contributed by atoms with van der Waals surface area (Å²) in [6.45, 7) is 3.68. The maximum atomic E-state index is 11.6. The van der Waals surface area contributed by atoms with Crippen LogP contribution in [-0.4, -0.2) is 21.1 Å². The molecule has 0 aliphatic rings. The van der Waals surface area contributed by atoms with Crippen LogP contribution in [-0.2, 0) is 0 Å². The third-order valence-electron chi connectivity index (χ3n) is 4.13. The molecule has 1 aromatic heterocycles. The van der Waals surface area contributed by atoms with Crippen LogP contribution >= 0.6 is 15.9 Å². The van der Waals surface area contributed by atoms with Gasteiger partial charge in [0.1, 0.15) is 5.56 Å². The van der Waals surface area contributed by atoms with Crippen LogP contribution in [0.3, 0.4) is 0 Å². The molecule has 1 heterocycles. The number of hydrogen-bond acceptors (Lipinski definition) is 3. The fraction of sp³-hybridized carbons (Fsp3) is 0.111. The van der Waals surface area contributed by atoms with Gasteiger partial charge in [0.05, 0.1) is 16.2 Å². The van der Waals surface area contributed by atoms with Crippen molar-refractivity contribution in [2.45, 2.75) is 13.8 Å². The van der Waals surface area contributed by atoms with Gasteiger partial charge in [0.25, 0.3) is 5.69 Å². The molecule has 3 rings (SSSR count). The van der Waals surface area contributed by atoms with E-state index in [1.807, 2.05) is 13.8 Å². The number of nitro groups is 1. The Morgan fingerprint density at radius 1 is 1.23 bits per heavy atom. The Bertz CT molecular complexity index is 1040. The first kappa shape index (κ1) is 17.8. The number of non-ortho nitro benzene ring substituents is 1. The zero-order valence-corrected chi connectivity index (χ0v) is 15.6. The highest BCUT2D eigenvalue weighted by molar-refractivity contribution is 9.10. The van der Waals surface area contributed by atoms with E-state index >= 15 is 0 Å². The van der Waals surface area contributed by atoms with E-state index in [1.165, 1.54) is 18.2 Å². The molecule has 0 saturated carbocycles. The fourth-order valence-corrected chi connectivity index (χ4v) is 3.37. The quantitative estimate of drug-likeness (QED) is 0.382. The fourth-order valence-electron chi connectivity index (χ4n) is 3.01. The number of aryl methyl sites for hydroxylation is 1. The summed E-state index contributed by atoms with van der Waals surface area (Å²) in [4.78, 5) is 22.2. The summed E-state index contributed by atoms with van der Waals surface area (Å²) in [5, 5.41) is 23.7. The van der Waals surface area contributed by atoms with Gasteiger partial charge in [-0.05, 0) is 24.6 Å². The van der Waals surface area contributed by atoms with Crippen LogP contribution in [0.25, 0.3) is 16.8 Å². The number of carbonyl (C=O) groups is 1. The van der Waals surface area contributed by atoms with Crippen LogP contribution in [0.5, 0.6) is 0 Å². The Kier molecular flexibility index (Phi) is 4.60. The highest BCUT2D eigenvalue weighted by atomic mass is 79.9. The molecule has 0 spiro atoms. The van der Waals surface area contributed by atoms with Gasteiger partial charge in [0.2, 0.25) is 11.4 Å². The normalized spacial score (nSPS) is 10.7. The number of H-pyrrole nitrogens is 1. The van der Waals surface area contributed by atoms with Crippen LogP contribution in [0.4, 0.5) is 5.69 Å². The van der Waals surface area contributed by atoms with E-state index in [0.717, 1.165) is 17.0 Å². The highest BCUT2D eigenvalue weighted by Crippen LogP contribution is 2.29. The number of nitro benzene ring substituents is 1. The van der Waals surface area contributed by atoms with Gasteiger partial charge >= 0.3 is 5.97 Å². The molecule has 0 saturated heterocycles. The van der Waals surface area contributed by atoms with Crippen LogP contribution in [0.2, 0.25) is 0 Å². The minimum atomic E-state index is -1.04. The van der Waals surface area contributed by atoms with Crippen molar-refractivity contribution in [1.82, 2.24) is 5.10 Å². The number of aromatic amines is 1. The van der Waals surface area contributed by atoms with Crippen molar-refractivity contribution < 1.29 is 19.5 Å². The van der Waals surface area contributed by atoms with Crippen molar-refractivity contribution in [3.63, 3.8) is 0 Å². The summed E-state index contributed by atoms with van der Waals surface area (Å²) in [7, 11) is 0. The molecule has 0 unspecified atom stereocenters. The van der Waals surface area contributed by atoms with Gasteiger partial charge < -0.3 is 5.11 Å². The summed E-state index contributed by atoms with van der Waals surface area (Å²) in [5.74, 6) is -1.04. The van der Waals surface area contributed by atoms with Crippen molar-refractivity contribution in [1.29, 1.82) is 0 Å². The molecule has 0 amide bonds. The van der Waals surface area contributed by atoms with Crippen LogP contribution in [0.15, 0.2) is 46.9 Å². The molecule has 26 heavy (non-hydrogen) atoms. The van der Waals surface area contributed by atoms with E-state index in [1.54, 1.807) is 28.9 Å². The Balaban J connectivity index is 2.21. The van der Waals surface area contributed by atoms with Crippen LogP contribution in [0.1, 0.15) is 21.7 Å². The lowest BCUT2D eigenvalue weighted by Crippen LogP contribution is -2.37. The number of aromatic nitrogens is 2. The molecule has 3 aromatic rings. The molecule has 2 aromatic carbocycles. The number of hydrogen-bond donors (Lipinski definition) is 2. The number of benzene rings is 2. The first-order chi connectivity index (χ1) is 12.3. The van der Waals surface area contributed by atoms with Crippen molar-refractivity contribution in [3.8, 4) is 16.8 Å². The molecule has 2 N–H and O–H groups in total. The lowest BCUT2D eigenvalue weighted by atomic mass is 10.0. The third-order valence-corrected chi connectivity index (χ3v) is 4.62. The van der Waals surface area contributed by atoms with Crippen molar-refractivity contribution in [3.05, 3.63) is 74.0 Å². The average Bonchev–Trinajstić information content (AvgIpc) is 2.89. The highest BCUT2D eigenvalue weighted by Gasteiger charge is 2.27. The Morgan fingerprint density at radius 3 is 2.62 bits per heavy atom. The zero-order valence-electron chi connectivity index (χ0n) is 14.0. The van der Waals surface area contributed by atoms with Crippen LogP contribution in [0, 0.1) is 24.0 Å². The smallest absolute Gasteiger partial charge is 0.342 e. The summed E-state index contributed by atoms with van der Waals surface area (Å²) < 4.78 is 2.35. The lowest BCUT2D eigenvalue weighted by Gasteiger charge is -2.01. The number of carboxylic acids is 1. The Morgan fingerprint density at radius 2 is 1.96 bits per heavy atom. The number of nitrogens with zero attached hydrogens (tertiary/aromatic N) is 2. The summed E-state index contributed by atoms with van der Waals surface area (Å²) in [6, 6.07) is 11.4. The second-order valence-electron chi connectivity index (χ2n) is 5.81. The van der Waals surface area contributed by atoms with Crippen molar-refractivity contribution in [2.24, 2.45) is 0 Å². The molecule has 7 nitrogen and oxygen atoms in total. The molecule has 0 radical (unpaired) electrons. The summed E-state index contributed by atoms with van der Waals surface area (Å²) in [5.41, 5.74) is 3.66. The second-order valence-corrected chi connectivity index (χ2v) is 6.72. The SMILES string of the molecule is Cc1[nH][n+](-c2ccc(Br)cc2C(=O)O)c(C)c1-c1cccc([N+](=O)[O-])c1. The van der Waals surface area contributed by atoms with E-state index in [2.05, 4.69) is 21.0 Å². The van der Waals surface area contributed by atoms with Gasteiger partial charge in [-0.3, -0.25) is 10.1 Å². The number of carboxylic acid groups (broad SMARTS) is 1. The van der Waals surface area contributed by atoms with E-state index < -0.39 is 10.9 Å². The molecule has 8 heteroatoms. The Hall–Kier alpha value is -3.00. The minimum Gasteiger partial charge on any atom is -0.477 e. The number of rotatable bonds is 4. The predicted octanol–water partition coefficient (Wildman–Crippen LogP) is 3.94. The first-order valence-corrected chi connectivity index (χ1v) is 8.48. The van der Waals surface area contributed by atoms with Gasteiger partial charge in [-0.1, -0.05) is 32.7 Å². The number of aromatic carboxylic acids is 1. The maximum Gasteiger partial charge on any atom is 0.342 e. The maximum absolute atomic E-state index is 11.6. The number of nitrogens with one attached hydrogen (secondary N) is 1. The monoisotopic (exact) mass is 416 g/mol. The molecule has 0 fully saturated rings. The van der Waals surface area contributed by atoms with Crippen LogP contribution < -0.4 is 4.68 Å². The van der Waals surface area contributed by atoms with Gasteiger partial charge in [0.15, 0.2) is 0 Å². The van der Waals surface area contributed by atoms with Gasteiger partial charge in [-0.25, -0.2) is 4.79 Å². The topological polar surface area (TPSA) is 100 Å². The molecule has 132 valence electrons. The molecule has 0 bridgehead atoms. The summed E-state index contributed by atoms with van der Waals surface area (Å²) >= 11 is 3.29. The minimum absolute atomic E-state index is 0.00363. The van der Waals surface area contributed by atoms with E-state index in [4.69, 9.17) is 0 Å².